The summed E-state index contributed by atoms with van der Waals surface area (Å²) in [7, 11) is 0. The molecule has 0 fully saturated rings. The van der Waals surface area contributed by atoms with Gasteiger partial charge in [0.2, 0.25) is 0 Å². The van der Waals surface area contributed by atoms with Crippen LogP contribution in [0, 0.1) is 6.92 Å². The molecule has 0 saturated carbocycles. The van der Waals surface area contributed by atoms with Crippen LogP contribution in [0.1, 0.15) is 5.56 Å². The lowest BCUT2D eigenvalue weighted by atomic mass is 9.33. The van der Waals surface area contributed by atoms with Crippen LogP contribution >= 0.6 is 0 Å². The number of anilines is 18. The third kappa shape index (κ3) is 10.7. The Hall–Kier alpha value is -15.5. The maximum Gasteiger partial charge on any atom is 0.252 e. The van der Waals surface area contributed by atoms with Crippen molar-refractivity contribution >= 4 is 192 Å². The van der Waals surface area contributed by atoms with E-state index in [0.717, 1.165) is 119 Å². The molecule has 0 spiro atoms. The quantitative estimate of drug-likeness (QED) is 0.107. The Balaban J connectivity index is 0.629. The molecule has 10 heteroatoms. The first-order chi connectivity index (χ1) is 59.0. The van der Waals surface area contributed by atoms with Gasteiger partial charge in [0.1, 0.15) is 0 Å². The molecule has 18 aromatic carbocycles. The van der Waals surface area contributed by atoms with Crippen LogP contribution in [-0.4, -0.2) is 22.6 Å². The first-order valence-corrected chi connectivity index (χ1v) is 41.1. The van der Waals surface area contributed by atoms with Gasteiger partial charge in [-0.05, 0) is 245 Å². The molecule has 6 heterocycles. The maximum absolute atomic E-state index is 2.54. The van der Waals surface area contributed by atoms with Crippen molar-refractivity contribution in [2.45, 2.75) is 6.92 Å². The Morgan fingerprint density at radius 2 is 0.588 bits per heavy atom. The molecular weight excluding hydrogens is 1440 g/mol. The number of aromatic nitrogens is 2. The minimum Gasteiger partial charge on any atom is -0.311 e. The van der Waals surface area contributed by atoms with E-state index in [4.69, 9.17) is 0 Å². The molecule has 4 aliphatic rings. The van der Waals surface area contributed by atoms with E-state index < -0.39 is 0 Å². The number of aryl methyl sites for hydroxylation is 1. The lowest BCUT2D eigenvalue weighted by Gasteiger charge is -2.44. The molecule has 8 nitrogen and oxygen atoms in total. The molecule has 0 saturated heterocycles. The van der Waals surface area contributed by atoms with Crippen molar-refractivity contribution in [1.82, 2.24) is 9.13 Å². The third-order valence-electron chi connectivity index (χ3n) is 25.0. The van der Waals surface area contributed by atoms with Crippen molar-refractivity contribution in [1.29, 1.82) is 0 Å². The Labute approximate surface area is 691 Å². The fourth-order valence-electron chi connectivity index (χ4n) is 20.0. The SMILES string of the molecule is Cc1ccc(N2c3cc(N(c4ccccc4)c4ccc5c(c4)c4ccccc4n5-c4cccc(-c5ccc(N6c7cc(N(c8ccccc8)c8cccc9c%10ccccc%10n(-c%10ccccc%10)c89)ccc7B7c8ccccc8N(c8ccccc8)c8cccc6c87)cc5)c4)ccc3B3c4ccccc4N(c4ccccc4)c4cccc2c43)cc1. The molecule has 556 valence electrons. The van der Waals surface area contributed by atoms with E-state index in [-0.39, 0.29) is 13.4 Å². The van der Waals surface area contributed by atoms with E-state index in [9.17, 15) is 0 Å². The Kier molecular flexibility index (Phi) is 15.6. The van der Waals surface area contributed by atoms with E-state index in [2.05, 4.69) is 476 Å². The first-order valence-electron chi connectivity index (χ1n) is 41.1. The minimum atomic E-state index is -0.0672. The van der Waals surface area contributed by atoms with Gasteiger partial charge < -0.3 is 38.5 Å². The van der Waals surface area contributed by atoms with Gasteiger partial charge in [-0.1, -0.05) is 242 Å². The molecule has 20 aromatic rings. The van der Waals surface area contributed by atoms with Gasteiger partial charge in [-0.2, -0.15) is 0 Å². The van der Waals surface area contributed by atoms with Crippen LogP contribution in [0.5, 0.6) is 0 Å². The Bertz CT molecular complexity index is 7420. The first kappa shape index (κ1) is 67.9. The molecule has 0 bridgehead atoms. The number of hydrogen-bond donors (Lipinski definition) is 0. The topological polar surface area (TPSA) is 29.3 Å². The zero-order valence-corrected chi connectivity index (χ0v) is 65.2. The predicted octanol–water partition coefficient (Wildman–Crippen LogP) is 25.0. The molecule has 24 rings (SSSR count). The van der Waals surface area contributed by atoms with E-state index in [1.54, 1.807) is 0 Å². The predicted molar refractivity (Wildman–Crippen MR) is 503 cm³/mol. The summed E-state index contributed by atoms with van der Waals surface area (Å²) in [4.78, 5) is 14.9. The summed E-state index contributed by atoms with van der Waals surface area (Å²) >= 11 is 0. The highest BCUT2D eigenvalue weighted by atomic mass is 15.2. The lowest BCUT2D eigenvalue weighted by molar-refractivity contribution is 1.17. The average Bonchev–Trinajstić information content (AvgIpc) is 1.31. The molecular formula is C109H74B2N8. The van der Waals surface area contributed by atoms with Crippen molar-refractivity contribution in [2.24, 2.45) is 0 Å². The van der Waals surface area contributed by atoms with Gasteiger partial charge in [0.25, 0.3) is 13.4 Å². The molecule has 0 N–H and O–H groups in total. The molecule has 0 unspecified atom stereocenters. The minimum absolute atomic E-state index is 0.0136. The molecule has 0 aliphatic carbocycles. The van der Waals surface area contributed by atoms with Crippen molar-refractivity contribution in [3.8, 4) is 22.5 Å². The van der Waals surface area contributed by atoms with Crippen LogP contribution in [0.25, 0.3) is 66.1 Å². The van der Waals surface area contributed by atoms with E-state index >= 15 is 0 Å². The molecule has 4 aliphatic heterocycles. The van der Waals surface area contributed by atoms with Gasteiger partial charge in [-0.15, -0.1) is 0 Å². The van der Waals surface area contributed by atoms with Gasteiger partial charge >= 0.3 is 0 Å². The largest absolute Gasteiger partial charge is 0.311 e. The number of para-hydroxylation sites is 10. The lowest BCUT2D eigenvalue weighted by Crippen LogP contribution is -2.61. The van der Waals surface area contributed by atoms with Crippen molar-refractivity contribution in [3.63, 3.8) is 0 Å². The van der Waals surface area contributed by atoms with Crippen molar-refractivity contribution in [3.05, 3.63) is 436 Å². The zero-order valence-electron chi connectivity index (χ0n) is 65.2. The molecule has 2 aromatic heterocycles. The summed E-state index contributed by atoms with van der Waals surface area (Å²) < 4.78 is 4.91. The monoisotopic (exact) mass is 1520 g/mol. The van der Waals surface area contributed by atoms with Gasteiger partial charge in [0, 0.05) is 130 Å². The summed E-state index contributed by atoms with van der Waals surface area (Å²) in [5.41, 5.74) is 38.0. The number of benzene rings is 18. The number of rotatable bonds is 13. The second-order valence-electron chi connectivity index (χ2n) is 31.6. The fourth-order valence-corrected chi connectivity index (χ4v) is 20.0. The standard InChI is InChI=1S/C109H74B2N8/c1-73-55-59-81(60-56-73)116-102-52-27-50-100-107(102)110(91-44-19-23-48-98(91)114(100)78-34-11-4-12-35-78)93-66-63-85(71-105(93)116)112(76-30-7-2-8-31-76)84-65-68-97-90(70-84)88-42-18-21-46-95(88)118(97)83-40-25-29-75(69-83)74-57-61-82(62-58-74)117-103-53-28-51-101-108(103)111(92-45-20-24-49-99(92)115(101)79-36-13-5-14-37-79)94-67-64-86(72-106(94)117)113(77-32-9-3-10-33-77)104-54-26-43-89-87-41-17-22-47-96(87)119(109(89)104)80-38-15-6-16-39-80/h2-72H,1H3. The van der Waals surface area contributed by atoms with Crippen LogP contribution in [0.15, 0.2) is 431 Å². The van der Waals surface area contributed by atoms with Crippen molar-refractivity contribution in [2.75, 3.05) is 29.4 Å². The van der Waals surface area contributed by atoms with Gasteiger partial charge in [0.05, 0.1) is 27.8 Å². The smallest absolute Gasteiger partial charge is 0.252 e. The highest BCUT2D eigenvalue weighted by Gasteiger charge is 2.46. The fraction of sp³-hybridized carbons (Fsp3) is 0.00917. The summed E-state index contributed by atoms with van der Waals surface area (Å²) in [6.45, 7) is 2.09. The summed E-state index contributed by atoms with van der Waals surface area (Å²) in [5, 5.41) is 4.75. The highest BCUT2D eigenvalue weighted by Crippen LogP contribution is 2.52. The Morgan fingerprint density at radius 3 is 1.15 bits per heavy atom. The van der Waals surface area contributed by atoms with E-state index in [1.807, 2.05) is 0 Å². The maximum atomic E-state index is 2.54. The van der Waals surface area contributed by atoms with Crippen LogP contribution < -0.4 is 62.2 Å². The highest BCUT2D eigenvalue weighted by molar-refractivity contribution is 7.01. The van der Waals surface area contributed by atoms with E-state index in [1.165, 1.54) is 88.3 Å². The molecule has 0 atom stereocenters. The van der Waals surface area contributed by atoms with Crippen LogP contribution in [-0.2, 0) is 0 Å². The summed E-state index contributed by atoms with van der Waals surface area (Å²) in [6.07, 6.45) is 0. The number of nitrogens with zero attached hydrogens (tertiary/aromatic N) is 8. The molecule has 0 radical (unpaired) electrons. The number of hydrogen-bond acceptors (Lipinski definition) is 6. The van der Waals surface area contributed by atoms with Crippen LogP contribution in [0.2, 0.25) is 0 Å². The third-order valence-corrected chi connectivity index (χ3v) is 25.0. The Morgan fingerprint density at radius 1 is 0.210 bits per heavy atom. The normalized spacial score (nSPS) is 12.8. The summed E-state index contributed by atoms with van der Waals surface area (Å²) in [6, 6.07) is 160. The van der Waals surface area contributed by atoms with Crippen LogP contribution in [0.3, 0.4) is 0 Å². The number of fused-ring (bicyclic) bond motifs is 14. The van der Waals surface area contributed by atoms with Crippen molar-refractivity contribution < 1.29 is 0 Å². The summed E-state index contributed by atoms with van der Waals surface area (Å²) in [5.74, 6) is 0. The molecule has 0 amide bonds. The van der Waals surface area contributed by atoms with Gasteiger partial charge in [0.15, 0.2) is 0 Å². The zero-order chi connectivity index (χ0) is 78.3. The van der Waals surface area contributed by atoms with Gasteiger partial charge in [-0.25, -0.2) is 0 Å². The molecule has 119 heavy (non-hydrogen) atoms. The van der Waals surface area contributed by atoms with Crippen LogP contribution in [0.4, 0.5) is 102 Å². The van der Waals surface area contributed by atoms with E-state index in [0.29, 0.717) is 0 Å². The average molecular weight is 1520 g/mol. The van der Waals surface area contributed by atoms with Gasteiger partial charge in [-0.3, -0.25) is 0 Å². The second-order valence-corrected chi connectivity index (χ2v) is 31.6. The second kappa shape index (κ2) is 27.3.